The van der Waals surface area contributed by atoms with Crippen molar-refractivity contribution in [2.24, 2.45) is 0 Å². The first-order chi connectivity index (χ1) is 44.6. The summed E-state index contributed by atoms with van der Waals surface area (Å²) >= 11 is 0. The molecule has 5 heteroatoms. The zero-order valence-electron chi connectivity index (χ0n) is 55.5. The Morgan fingerprint density at radius 3 is 0.968 bits per heavy atom. The Morgan fingerprint density at radius 2 is 0.581 bits per heavy atom. The SMILES string of the molecule is CC(C)(C)c1cc(-c2ccccc2N2c3cc4c(cc3B3c5cc6oc7ccccc7c6cc5N(c5ccccc5-c5cc(C(C)(C)C)cc(C(C)(C)C)c5)c5cc(-c6cc(-c7ccccc7)cc(-c7ccccc7)c6)cc2c53)oc2ccccc24)cc(C(C)(C)C)c1. The molecule has 2 aliphatic heterocycles. The maximum atomic E-state index is 7.02. The topological polar surface area (TPSA) is 32.8 Å². The fraction of sp³-hybridized carbons (Fsp3) is 0.182. The van der Waals surface area contributed by atoms with E-state index in [1.54, 1.807) is 0 Å². The molecule has 0 saturated heterocycles. The Bertz CT molecular complexity index is 4940. The number of rotatable bonds is 7. The molecule has 0 radical (unpaired) electrons. The summed E-state index contributed by atoms with van der Waals surface area (Å²) in [7, 11) is 0. The van der Waals surface area contributed by atoms with E-state index >= 15 is 0 Å². The van der Waals surface area contributed by atoms with Crippen molar-refractivity contribution in [3.63, 3.8) is 0 Å². The van der Waals surface area contributed by atoms with Crippen LogP contribution in [0.5, 0.6) is 0 Å². The Kier molecular flexibility index (Phi) is 13.2. The number of furan rings is 2. The molecule has 93 heavy (non-hydrogen) atoms. The first-order valence-electron chi connectivity index (χ1n) is 33.1. The monoisotopic (exact) mass is 1200 g/mol. The van der Waals surface area contributed by atoms with E-state index in [4.69, 9.17) is 8.83 Å². The smallest absolute Gasteiger partial charge is 0.252 e. The van der Waals surface area contributed by atoms with Gasteiger partial charge >= 0.3 is 0 Å². The van der Waals surface area contributed by atoms with Crippen molar-refractivity contribution >= 4 is 101 Å². The lowest BCUT2D eigenvalue weighted by molar-refractivity contribution is 0.568. The second-order valence-electron chi connectivity index (χ2n) is 30.2. The second-order valence-corrected chi connectivity index (χ2v) is 30.2. The largest absolute Gasteiger partial charge is 0.456 e. The lowest BCUT2D eigenvalue weighted by atomic mass is 9.33. The molecule has 0 bridgehead atoms. The van der Waals surface area contributed by atoms with E-state index < -0.39 is 0 Å². The van der Waals surface area contributed by atoms with Crippen LogP contribution in [0.2, 0.25) is 0 Å². The van der Waals surface area contributed by atoms with E-state index in [0.29, 0.717) is 0 Å². The van der Waals surface area contributed by atoms with E-state index in [0.717, 1.165) is 133 Å². The molecular formula is C88H77BN2O2. The van der Waals surface area contributed by atoms with Gasteiger partial charge in [-0.2, -0.15) is 0 Å². The highest BCUT2D eigenvalue weighted by Crippen LogP contribution is 2.53. The minimum atomic E-state index is -0.278. The van der Waals surface area contributed by atoms with E-state index in [9.17, 15) is 0 Å². The lowest BCUT2D eigenvalue weighted by Crippen LogP contribution is -2.61. The van der Waals surface area contributed by atoms with Crippen molar-refractivity contribution < 1.29 is 8.83 Å². The van der Waals surface area contributed by atoms with Crippen LogP contribution < -0.4 is 26.2 Å². The van der Waals surface area contributed by atoms with Crippen LogP contribution in [0.3, 0.4) is 0 Å². The Labute approximate surface area is 547 Å². The quantitative estimate of drug-likeness (QED) is 0.149. The van der Waals surface area contributed by atoms with Crippen LogP contribution >= 0.6 is 0 Å². The molecule has 2 aliphatic rings. The van der Waals surface area contributed by atoms with E-state index in [1.165, 1.54) is 38.8 Å². The normalized spacial score (nSPS) is 13.3. The number of benzene rings is 12. The molecule has 12 aromatic carbocycles. The number of hydrogen-bond donors (Lipinski definition) is 0. The van der Waals surface area contributed by atoms with Gasteiger partial charge in [-0.15, -0.1) is 0 Å². The Balaban J connectivity index is 1.08. The molecule has 0 atom stereocenters. The van der Waals surface area contributed by atoms with Gasteiger partial charge in [0.15, 0.2) is 0 Å². The Hall–Kier alpha value is -10.1. The van der Waals surface area contributed by atoms with Crippen molar-refractivity contribution in [2.45, 2.75) is 105 Å². The van der Waals surface area contributed by atoms with Gasteiger partial charge in [-0.1, -0.05) is 253 Å². The molecule has 454 valence electrons. The number of fused-ring (bicyclic) bond motifs is 10. The highest BCUT2D eigenvalue weighted by molar-refractivity contribution is 7.00. The van der Waals surface area contributed by atoms with E-state index in [1.807, 2.05) is 0 Å². The van der Waals surface area contributed by atoms with Gasteiger partial charge in [0.05, 0.1) is 11.4 Å². The van der Waals surface area contributed by atoms with E-state index in [-0.39, 0.29) is 28.4 Å². The molecule has 16 rings (SSSR count). The van der Waals surface area contributed by atoms with E-state index in [2.05, 4.69) is 342 Å². The van der Waals surface area contributed by atoms with Gasteiger partial charge in [0, 0.05) is 55.4 Å². The predicted octanol–water partition coefficient (Wildman–Crippen LogP) is 23.1. The summed E-state index contributed by atoms with van der Waals surface area (Å²) in [5.74, 6) is 0. The third-order valence-electron chi connectivity index (χ3n) is 19.8. The summed E-state index contributed by atoms with van der Waals surface area (Å²) in [5.41, 5.74) is 29.9. The van der Waals surface area contributed by atoms with Crippen LogP contribution in [0.25, 0.3) is 99.5 Å². The standard InChI is InChI=1S/C88H77BN2O2/c1-85(2,3)62-42-60(43-63(48-62)86(4,5)6)66-31-19-23-35-74(66)90-76-50-70-68-33-21-25-37-80(68)92-82(70)52-72(76)89-73-53-83-71(69-34-22-26-38-81(69)93-83)51-77(73)91(75-36-24-20-32-67(75)61-44-64(87(7,8)9)49-65(45-61)88(10,11)12)79-47-59(46-78(90)84(79)89)58-40-56(54-27-15-13-16-28-54)39-57(41-58)55-29-17-14-18-30-55/h13-53H,1-12H3. The maximum Gasteiger partial charge on any atom is 0.252 e. The summed E-state index contributed by atoms with van der Waals surface area (Å²) in [6, 6.07) is 93.7. The number of anilines is 6. The number of para-hydroxylation sites is 4. The molecule has 0 aliphatic carbocycles. The molecule has 0 spiro atoms. The first-order valence-corrected chi connectivity index (χ1v) is 33.1. The van der Waals surface area contributed by atoms with Crippen molar-refractivity contribution in [1.82, 2.24) is 0 Å². The Morgan fingerprint density at radius 1 is 0.247 bits per heavy atom. The molecule has 0 saturated carbocycles. The van der Waals surface area contributed by atoms with Crippen molar-refractivity contribution in [3.05, 3.63) is 271 Å². The van der Waals surface area contributed by atoms with Crippen molar-refractivity contribution in [2.75, 3.05) is 9.80 Å². The van der Waals surface area contributed by atoms with Crippen LogP contribution in [0.4, 0.5) is 34.1 Å². The summed E-state index contributed by atoms with van der Waals surface area (Å²) < 4.78 is 14.0. The van der Waals surface area contributed by atoms with Crippen LogP contribution in [-0.4, -0.2) is 6.71 Å². The molecule has 0 unspecified atom stereocenters. The molecular weight excluding hydrogens is 1130 g/mol. The van der Waals surface area contributed by atoms with Gasteiger partial charge in [-0.25, -0.2) is 0 Å². The maximum absolute atomic E-state index is 7.02. The highest BCUT2D eigenvalue weighted by atomic mass is 16.3. The van der Waals surface area contributed by atoms with Crippen LogP contribution in [0, 0.1) is 0 Å². The van der Waals surface area contributed by atoms with Crippen LogP contribution in [0.1, 0.15) is 105 Å². The summed E-state index contributed by atoms with van der Waals surface area (Å²) in [6.07, 6.45) is 0. The molecule has 2 aromatic heterocycles. The van der Waals surface area contributed by atoms with Gasteiger partial charge in [0.2, 0.25) is 0 Å². The van der Waals surface area contributed by atoms with Gasteiger partial charge in [-0.05, 0) is 184 Å². The van der Waals surface area contributed by atoms with Crippen molar-refractivity contribution in [3.8, 4) is 55.6 Å². The molecule has 0 amide bonds. The molecule has 14 aromatic rings. The van der Waals surface area contributed by atoms with Crippen LogP contribution in [-0.2, 0) is 21.7 Å². The molecule has 0 N–H and O–H groups in total. The zero-order chi connectivity index (χ0) is 64.0. The highest BCUT2D eigenvalue weighted by Gasteiger charge is 2.46. The van der Waals surface area contributed by atoms with Crippen LogP contribution in [0.15, 0.2) is 258 Å². The average molecular weight is 1210 g/mol. The van der Waals surface area contributed by atoms with Crippen molar-refractivity contribution in [1.29, 1.82) is 0 Å². The van der Waals surface area contributed by atoms with Gasteiger partial charge in [0.25, 0.3) is 6.71 Å². The molecule has 4 heterocycles. The minimum Gasteiger partial charge on any atom is -0.456 e. The number of hydrogen-bond acceptors (Lipinski definition) is 4. The van der Waals surface area contributed by atoms with Gasteiger partial charge < -0.3 is 18.6 Å². The van der Waals surface area contributed by atoms with Gasteiger partial charge in [0.1, 0.15) is 22.3 Å². The molecule has 4 nitrogen and oxygen atoms in total. The summed E-state index contributed by atoms with van der Waals surface area (Å²) in [6.45, 7) is 27.8. The summed E-state index contributed by atoms with van der Waals surface area (Å²) in [4.78, 5) is 5.25. The zero-order valence-corrected chi connectivity index (χ0v) is 55.5. The van der Waals surface area contributed by atoms with Gasteiger partial charge in [-0.3, -0.25) is 0 Å². The fourth-order valence-corrected chi connectivity index (χ4v) is 14.6. The first kappa shape index (κ1) is 58.0. The summed E-state index contributed by atoms with van der Waals surface area (Å²) in [5, 5.41) is 4.32. The third-order valence-corrected chi connectivity index (χ3v) is 19.8. The second kappa shape index (κ2) is 21.2. The number of nitrogens with zero attached hydrogens (tertiary/aromatic N) is 2. The fourth-order valence-electron chi connectivity index (χ4n) is 14.6. The average Bonchev–Trinajstić information content (AvgIpc) is 1.56. The minimum absolute atomic E-state index is 0.106. The molecule has 0 fully saturated rings. The predicted molar refractivity (Wildman–Crippen MR) is 397 cm³/mol. The third kappa shape index (κ3) is 9.89. The lowest BCUT2D eigenvalue weighted by Gasteiger charge is -2.45.